The molecule has 0 radical (unpaired) electrons. The molecule has 1 saturated carbocycles. The third kappa shape index (κ3) is 2.26. The molecule has 0 bridgehead atoms. The largest absolute Gasteiger partial charge is 0.443 e. The minimum Gasteiger partial charge on any atom is -0.443 e. The van der Waals surface area contributed by atoms with Crippen LogP contribution >= 0.6 is 11.5 Å². The van der Waals surface area contributed by atoms with Gasteiger partial charge in [-0.1, -0.05) is 10.9 Å². The molecule has 92 valence electrons. The monoisotopic (exact) mass is 253 g/mol. The van der Waals surface area contributed by atoms with Gasteiger partial charge in [0.15, 0.2) is 0 Å². The van der Waals surface area contributed by atoms with Gasteiger partial charge < -0.3 is 9.64 Å². The van der Waals surface area contributed by atoms with Crippen LogP contribution in [0.15, 0.2) is 5.38 Å². The molecule has 2 atom stereocenters. The molecule has 1 aliphatic carbocycles. The van der Waals surface area contributed by atoms with E-state index in [1.807, 2.05) is 4.90 Å². The number of rotatable bonds is 2. The molecule has 1 amide bonds. The zero-order valence-electron chi connectivity index (χ0n) is 9.54. The Balaban J connectivity index is 1.50. The first kappa shape index (κ1) is 11.0. The lowest BCUT2D eigenvalue weighted by Gasteiger charge is -2.16. The third-order valence-electron chi connectivity index (χ3n) is 3.73. The van der Waals surface area contributed by atoms with Gasteiger partial charge in [0, 0.05) is 18.5 Å². The number of nitrogens with zero attached hydrogens (tertiary/aromatic N) is 3. The highest BCUT2D eigenvalue weighted by molar-refractivity contribution is 7.03. The smallest absolute Gasteiger partial charge is 0.410 e. The van der Waals surface area contributed by atoms with Crippen molar-refractivity contribution in [2.24, 2.45) is 11.8 Å². The molecule has 1 aliphatic heterocycles. The van der Waals surface area contributed by atoms with E-state index in [0.717, 1.165) is 18.8 Å². The maximum absolute atomic E-state index is 11.8. The van der Waals surface area contributed by atoms with Crippen LogP contribution < -0.4 is 0 Å². The standard InChI is InChI=1S/C11H15N3O2S/c15-11(16-6-10-7-17-13-12-10)14-4-8-2-1-3-9(8)5-14/h7-9H,1-6H2. The van der Waals surface area contributed by atoms with Crippen LogP contribution in [0.25, 0.3) is 0 Å². The average molecular weight is 253 g/mol. The second-order valence-corrected chi connectivity index (χ2v) is 5.42. The fourth-order valence-corrected chi connectivity index (χ4v) is 3.29. The molecule has 1 saturated heterocycles. The molecular formula is C11H15N3O2S. The summed E-state index contributed by atoms with van der Waals surface area (Å²) < 4.78 is 8.96. The van der Waals surface area contributed by atoms with Crippen LogP contribution in [0.1, 0.15) is 25.0 Å². The summed E-state index contributed by atoms with van der Waals surface area (Å²) in [5.74, 6) is 1.42. The number of ether oxygens (including phenoxy) is 1. The highest BCUT2D eigenvalue weighted by atomic mass is 32.1. The van der Waals surface area contributed by atoms with Crippen molar-refractivity contribution in [3.63, 3.8) is 0 Å². The molecule has 3 rings (SSSR count). The Bertz CT molecular complexity index is 383. The normalized spacial score (nSPS) is 27.2. The quantitative estimate of drug-likeness (QED) is 0.808. The molecular weight excluding hydrogens is 238 g/mol. The van der Waals surface area contributed by atoms with Gasteiger partial charge in [0.05, 0.1) is 0 Å². The minimum absolute atomic E-state index is 0.201. The SMILES string of the molecule is O=C(OCc1csnn1)N1CC2CCCC2C1. The number of amides is 1. The van der Waals surface area contributed by atoms with Gasteiger partial charge in [-0.15, -0.1) is 5.10 Å². The van der Waals surface area contributed by atoms with E-state index in [2.05, 4.69) is 9.59 Å². The van der Waals surface area contributed by atoms with Crippen molar-refractivity contribution in [2.75, 3.05) is 13.1 Å². The molecule has 0 N–H and O–H groups in total. The Morgan fingerprint density at radius 1 is 1.47 bits per heavy atom. The Kier molecular flexibility index (Phi) is 2.96. The second kappa shape index (κ2) is 4.60. The van der Waals surface area contributed by atoms with Crippen LogP contribution in [-0.4, -0.2) is 33.7 Å². The van der Waals surface area contributed by atoms with Crippen molar-refractivity contribution >= 4 is 17.6 Å². The zero-order valence-corrected chi connectivity index (χ0v) is 10.4. The second-order valence-electron chi connectivity index (χ2n) is 4.81. The third-order valence-corrected chi connectivity index (χ3v) is 4.29. The summed E-state index contributed by atoms with van der Waals surface area (Å²) in [5, 5.41) is 5.64. The van der Waals surface area contributed by atoms with E-state index in [1.54, 1.807) is 5.38 Å². The summed E-state index contributed by atoms with van der Waals surface area (Å²) in [6.07, 6.45) is 3.66. The van der Waals surface area contributed by atoms with E-state index in [9.17, 15) is 4.79 Å². The molecule has 2 heterocycles. The van der Waals surface area contributed by atoms with E-state index in [1.165, 1.54) is 30.8 Å². The van der Waals surface area contributed by atoms with Gasteiger partial charge in [-0.25, -0.2) is 4.79 Å². The van der Waals surface area contributed by atoms with Gasteiger partial charge >= 0.3 is 6.09 Å². The molecule has 6 heteroatoms. The Morgan fingerprint density at radius 2 is 2.24 bits per heavy atom. The summed E-state index contributed by atoms with van der Waals surface area (Å²) in [7, 11) is 0. The highest BCUT2D eigenvalue weighted by Gasteiger charge is 2.38. The molecule has 5 nitrogen and oxygen atoms in total. The first-order valence-corrected chi connectivity index (χ1v) is 6.84. The molecule has 2 fully saturated rings. The van der Waals surface area contributed by atoms with Gasteiger partial charge in [-0.3, -0.25) is 0 Å². The van der Waals surface area contributed by atoms with Crippen molar-refractivity contribution in [1.29, 1.82) is 0 Å². The van der Waals surface area contributed by atoms with Crippen LogP contribution in [0.4, 0.5) is 4.79 Å². The van der Waals surface area contributed by atoms with E-state index in [4.69, 9.17) is 4.74 Å². The Labute approximate surface area is 104 Å². The number of aromatic nitrogens is 2. The van der Waals surface area contributed by atoms with Gasteiger partial charge in [0.2, 0.25) is 0 Å². The minimum atomic E-state index is -0.201. The Morgan fingerprint density at radius 3 is 2.88 bits per heavy atom. The lowest BCUT2D eigenvalue weighted by Crippen LogP contribution is -2.30. The van der Waals surface area contributed by atoms with E-state index >= 15 is 0 Å². The maximum Gasteiger partial charge on any atom is 0.410 e. The first-order valence-electron chi connectivity index (χ1n) is 6.00. The lowest BCUT2D eigenvalue weighted by atomic mass is 10.0. The number of carbonyl (C=O) groups is 1. The fraction of sp³-hybridized carbons (Fsp3) is 0.727. The highest BCUT2D eigenvalue weighted by Crippen LogP contribution is 2.37. The van der Waals surface area contributed by atoms with Crippen molar-refractivity contribution < 1.29 is 9.53 Å². The number of hydrogen-bond acceptors (Lipinski definition) is 5. The molecule has 17 heavy (non-hydrogen) atoms. The molecule has 1 aromatic heterocycles. The van der Waals surface area contributed by atoms with E-state index < -0.39 is 0 Å². The molecule has 0 spiro atoms. The topological polar surface area (TPSA) is 55.3 Å². The van der Waals surface area contributed by atoms with Crippen molar-refractivity contribution in [3.05, 3.63) is 11.1 Å². The van der Waals surface area contributed by atoms with Gasteiger partial charge in [-0.05, 0) is 36.2 Å². The van der Waals surface area contributed by atoms with E-state index in [0.29, 0.717) is 11.8 Å². The zero-order chi connectivity index (χ0) is 11.7. The van der Waals surface area contributed by atoms with Crippen LogP contribution in [0.2, 0.25) is 0 Å². The van der Waals surface area contributed by atoms with Gasteiger partial charge in [0.25, 0.3) is 0 Å². The summed E-state index contributed by atoms with van der Waals surface area (Å²) >= 11 is 1.27. The maximum atomic E-state index is 11.8. The average Bonchev–Trinajstić information content (AvgIpc) is 3.01. The van der Waals surface area contributed by atoms with Crippen molar-refractivity contribution in [1.82, 2.24) is 14.5 Å². The summed E-state index contributed by atoms with van der Waals surface area (Å²) in [6, 6.07) is 0. The van der Waals surface area contributed by atoms with Crippen LogP contribution in [-0.2, 0) is 11.3 Å². The van der Waals surface area contributed by atoms with Gasteiger partial charge in [-0.2, -0.15) is 0 Å². The van der Waals surface area contributed by atoms with Crippen molar-refractivity contribution in [3.8, 4) is 0 Å². The number of hydrogen-bond donors (Lipinski definition) is 0. The van der Waals surface area contributed by atoms with E-state index in [-0.39, 0.29) is 12.7 Å². The predicted octanol–water partition coefficient (Wildman–Crippen LogP) is 1.91. The van der Waals surface area contributed by atoms with Crippen LogP contribution in [0, 0.1) is 11.8 Å². The van der Waals surface area contributed by atoms with Crippen LogP contribution in [0.5, 0.6) is 0 Å². The molecule has 2 aliphatic rings. The number of fused-ring (bicyclic) bond motifs is 1. The summed E-state index contributed by atoms with van der Waals surface area (Å²) in [5.41, 5.74) is 0.725. The van der Waals surface area contributed by atoms with Crippen molar-refractivity contribution in [2.45, 2.75) is 25.9 Å². The number of likely N-dealkylation sites (tertiary alicyclic amines) is 1. The van der Waals surface area contributed by atoms with Crippen LogP contribution in [0.3, 0.4) is 0 Å². The first-order chi connectivity index (χ1) is 8.33. The molecule has 2 unspecified atom stereocenters. The Hall–Kier alpha value is -1.17. The molecule has 0 aromatic carbocycles. The summed E-state index contributed by atoms with van der Waals surface area (Å²) in [6.45, 7) is 1.98. The number of carbonyl (C=O) groups excluding carboxylic acids is 1. The lowest BCUT2D eigenvalue weighted by molar-refractivity contribution is 0.100. The predicted molar refractivity (Wildman–Crippen MR) is 62.5 cm³/mol. The molecule has 1 aromatic rings. The van der Waals surface area contributed by atoms with Gasteiger partial charge in [0.1, 0.15) is 12.3 Å². The fourth-order valence-electron chi connectivity index (χ4n) is 2.86. The summed E-state index contributed by atoms with van der Waals surface area (Å²) in [4.78, 5) is 13.7.